The maximum Gasteiger partial charge on any atom is 0.0520 e. The Labute approximate surface area is 59.0 Å². The highest BCUT2D eigenvalue weighted by atomic mass is 32.2. The van der Waals surface area contributed by atoms with Gasteiger partial charge in [0.1, 0.15) is 0 Å². The molecule has 1 nitrogen and oxygen atoms in total. The van der Waals surface area contributed by atoms with Gasteiger partial charge in [0.05, 0.1) is 9.96 Å². The first-order chi connectivity index (χ1) is 3.79. The highest BCUT2D eigenvalue weighted by Gasteiger charge is 2.13. The van der Waals surface area contributed by atoms with Crippen molar-refractivity contribution in [3.05, 3.63) is 0 Å². The van der Waals surface area contributed by atoms with Crippen LogP contribution in [0.15, 0.2) is 0 Å². The van der Waals surface area contributed by atoms with Crippen LogP contribution in [0.4, 0.5) is 0 Å². The Kier molecular flexibility index (Phi) is 2.53. The monoisotopic (exact) mass is 149 g/mol. The molecule has 8 heavy (non-hydrogen) atoms. The second-order valence-electron chi connectivity index (χ2n) is 1.86. The predicted molar refractivity (Wildman–Crippen MR) is 42.1 cm³/mol. The van der Waals surface area contributed by atoms with E-state index < -0.39 is 0 Å². The molecule has 0 radical (unpaired) electrons. The van der Waals surface area contributed by atoms with Gasteiger partial charge in [0.25, 0.3) is 0 Å². The molecule has 1 aliphatic heterocycles. The summed E-state index contributed by atoms with van der Waals surface area (Å²) in [5.41, 5.74) is 0. The van der Waals surface area contributed by atoms with Crippen LogP contribution in [0.25, 0.3) is 0 Å². The van der Waals surface area contributed by atoms with Crippen molar-refractivity contribution in [3.8, 4) is 0 Å². The van der Waals surface area contributed by atoms with E-state index in [0.717, 1.165) is 10.5 Å². The minimum atomic E-state index is 0.659. The standard InChI is InChI=1S/C5H11NS2/c1-4-6-3-7-5(2)8-4/h4-6H,3H2,1-2H3. The Morgan fingerprint density at radius 2 is 2.25 bits per heavy atom. The molecule has 0 bridgehead atoms. The van der Waals surface area contributed by atoms with Gasteiger partial charge in [0.2, 0.25) is 0 Å². The summed E-state index contributed by atoms with van der Waals surface area (Å²) in [6, 6.07) is 0. The zero-order valence-corrected chi connectivity index (χ0v) is 6.81. The van der Waals surface area contributed by atoms with Crippen molar-refractivity contribution in [2.24, 2.45) is 0 Å². The van der Waals surface area contributed by atoms with Gasteiger partial charge in [-0.15, -0.1) is 23.5 Å². The zero-order chi connectivity index (χ0) is 5.98. The van der Waals surface area contributed by atoms with E-state index in [9.17, 15) is 0 Å². The first kappa shape index (κ1) is 6.78. The lowest BCUT2D eigenvalue weighted by Crippen LogP contribution is -2.28. The number of hydrogen-bond donors (Lipinski definition) is 1. The van der Waals surface area contributed by atoms with Crippen LogP contribution in [-0.4, -0.2) is 15.8 Å². The summed E-state index contributed by atoms with van der Waals surface area (Å²) in [4.78, 5) is 0. The molecule has 0 amide bonds. The fourth-order valence-electron chi connectivity index (χ4n) is 0.658. The number of rotatable bonds is 0. The third-order valence-electron chi connectivity index (χ3n) is 1.08. The van der Waals surface area contributed by atoms with Gasteiger partial charge < -0.3 is 0 Å². The first-order valence-electron chi connectivity index (χ1n) is 2.79. The highest BCUT2D eigenvalue weighted by Crippen LogP contribution is 2.29. The molecule has 0 aromatic rings. The van der Waals surface area contributed by atoms with E-state index in [1.165, 1.54) is 0 Å². The first-order valence-corrected chi connectivity index (χ1v) is 4.78. The van der Waals surface area contributed by atoms with Gasteiger partial charge in [-0.05, 0) is 13.8 Å². The molecule has 0 spiro atoms. The van der Waals surface area contributed by atoms with Crippen LogP contribution in [0.5, 0.6) is 0 Å². The van der Waals surface area contributed by atoms with Crippen molar-refractivity contribution in [1.82, 2.24) is 5.32 Å². The summed E-state index contributed by atoms with van der Waals surface area (Å²) in [5.74, 6) is 1.12. The molecule has 2 atom stereocenters. The fraction of sp³-hybridized carbons (Fsp3) is 1.00. The minimum absolute atomic E-state index is 0.659. The van der Waals surface area contributed by atoms with Crippen molar-refractivity contribution in [2.45, 2.75) is 23.8 Å². The quantitative estimate of drug-likeness (QED) is 0.563. The van der Waals surface area contributed by atoms with E-state index in [1.807, 2.05) is 23.5 Å². The molecule has 1 fully saturated rings. The van der Waals surface area contributed by atoms with E-state index in [4.69, 9.17) is 0 Å². The summed E-state index contributed by atoms with van der Waals surface area (Å²) in [7, 11) is 0. The highest BCUT2D eigenvalue weighted by molar-refractivity contribution is 8.17. The lowest BCUT2D eigenvalue weighted by atomic mass is 10.8. The Hall–Kier alpha value is 0.660. The Morgan fingerprint density at radius 1 is 1.50 bits per heavy atom. The normalized spacial score (nSPS) is 39.8. The zero-order valence-electron chi connectivity index (χ0n) is 5.18. The lowest BCUT2D eigenvalue weighted by molar-refractivity contribution is 0.776. The van der Waals surface area contributed by atoms with Crippen molar-refractivity contribution < 1.29 is 0 Å². The van der Waals surface area contributed by atoms with E-state index in [-0.39, 0.29) is 0 Å². The van der Waals surface area contributed by atoms with E-state index in [1.54, 1.807) is 0 Å². The molecule has 3 heteroatoms. The van der Waals surface area contributed by atoms with Crippen LogP contribution in [0.2, 0.25) is 0 Å². The molecule has 48 valence electrons. The molecule has 1 rings (SSSR count). The van der Waals surface area contributed by atoms with Gasteiger partial charge in [-0.3, -0.25) is 5.32 Å². The summed E-state index contributed by atoms with van der Waals surface area (Å²) in [6.07, 6.45) is 0. The molecule has 0 saturated carbocycles. The van der Waals surface area contributed by atoms with E-state index >= 15 is 0 Å². The lowest BCUT2D eigenvalue weighted by Gasteiger charge is -2.23. The molecule has 1 saturated heterocycles. The topological polar surface area (TPSA) is 12.0 Å². The van der Waals surface area contributed by atoms with Crippen molar-refractivity contribution >= 4 is 23.5 Å². The summed E-state index contributed by atoms with van der Waals surface area (Å²) < 4.78 is 0.784. The van der Waals surface area contributed by atoms with Crippen LogP contribution in [-0.2, 0) is 0 Å². The molecule has 1 N–H and O–H groups in total. The second kappa shape index (κ2) is 2.99. The molecule has 1 aliphatic rings. The third-order valence-corrected chi connectivity index (χ3v) is 3.59. The summed E-state index contributed by atoms with van der Waals surface area (Å²) >= 11 is 3.97. The molecule has 1 heterocycles. The number of hydrogen-bond acceptors (Lipinski definition) is 3. The Morgan fingerprint density at radius 3 is 2.62 bits per heavy atom. The molecule has 0 aromatic carbocycles. The SMILES string of the molecule is CC1NCSC(C)S1. The maximum atomic E-state index is 3.34. The van der Waals surface area contributed by atoms with Gasteiger partial charge in [-0.2, -0.15) is 0 Å². The van der Waals surface area contributed by atoms with Crippen LogP contribution in [0.3, 0.4) is 0 Å². The van der Waals surface area contributed by atoms with Crippen LogP contribution in [0.1, 0.15) is 13.8 Å². The number of thioether (sulfide) groups is 2. The van der Waals surface area contributed by atoms with Gasteiger partial charge in [0.15, 0.2) is 0 Å². The molecular weight excluding hydrogens is 138 g/mol. The summed E-state index contributed by atoms with van der Waals surface area (Å²) in [6.45, 7) is 4.47. The maximum absolute atomic E-state index is 3.34. The number of nitrogens with one attached hydrogen (secondary N) is 1. The van der Waals surface area contributed by atoms with Crippen molar-refractivity contribution in [2.75, 3.05) is 5.88 Å². The molecule has 0 aromatic heterocycles. The Bertz CT molecular complexity index is 68.8. The van der Waals surface area contributed by atoms with Crippen LogP contribution >= 0.6 is 23.5 Å². The largest absolute Gasteiger partial charge is 0.296 e. The van der Waals surface area contributed by atoms with Gasteiger partial charge in [-0.25, -0.2) is 0 Å². The van der Waals surface area contributed by atoms with Gasteiger partial charge in [0, 0.05) is 5.88 Å². The van der Waals surface area contributed by atoms with Crippen molar-refractivity contribution in [3.63, 3.8) is 0 Å². The fourth-order valence-corrected chi connectivity index (χ4v) is 3.12. The third kappa shape index (κ3) is 1.88. The second-order valence-corrected chi connectivity index (χ2v) is 5.17. The van der Waals surface area contributed by atoms with Crippen LogP contribution in [0, 0.1) is 0 Å². The van der Waals surface area contributed by atoms with Gasteiger partial charge >= 0.3 is 0 Å². The molecule has 2 unspecified atom stereocenters. The Balaban J connectivity index is 2.23. The smallest absolute Gasteiger partial charge is 0.0520 e. The van der Waals surface area contributed by atoms with Gasteiger partial charge in [-0.1, -0.05) is 0 Å². The predicted octanol–water partition coefficient (Wildman–Crippen LogP) is 1.71. The summed E-state index contributed by atoms with van der Waals surface area (Å²) in [5, 5.41) is 4.00. The van der Waals surface area contributed by atoms with Crippen molar-refractivity contribution in [1.29, 1.82) is 0 Å². The average molecular weight is 149 g/mol. The minimum Gasteiger partial charge on any atom is -0.296 e. The van der Waals surface area contributed by atoms with E-state index in [2.05, 4.69) is 19.2 Å². The average Bonchev–Trinajstić information content (AvgIpc) is 1.64. The molecule has 0 aliphatic carbocycles. The van der Waals surface area contributed by atoms with Crippen LogP contribution < -0.4 is 5.32 Å². The molecular formula is C5H11NS2. The van der Waals surface area contributed by atoms with E-state index in [0.29, 0.717) is 5.37 Å².